The van der Waals surface area contributed by atoms with Crippen LogP contribution in [0.4, 0.5) is 5.69 Å². The Labute approximate surface area is 174 Å². The number of anilines is 1. The summed E-state index contributed by atoms with van der Waals surface area (Å²) in [4.78, 5) is 38.4. The molecule has 30 heavy (non-hydrogen) atoms. The van der Waals surface area contributed by atoms with Crippen molar-refractivity contribution in [2.24, 2.45) is 5.92 Å². The van der Waals surface area contributed by atoms with Gasteiger partial charge in [0.15, 0.2) is 6.61 Å². The summed E-state index contributed by atoms with van der Waals surface area (Å²) in [6, 6.07) is 14.2. The Morgan fingerprint density at radius 2 is 1.93 bits per heavy atom. The number of hydrogen-bond acceptors (Lipinski definition) is 5. The van der Waals surface area contributed by atoms with Crippen molar-refractivity contribution in [1.29, 1.82) is 5.26 Å². The van der Waals surface area contributed by atoms with Crippen molar-refractivity contribution >= 4 is 23.4 Å². The van der Waals surface area contributed by atoms with Crippen LogP contribution >= 0.6 is 0 Å². The topological polar surface area (TPSA) is 112 Å². The van der Waals surface area contributed by atoms with E-state index in [1.807, 2.05) is 38.1 Å². The van der Waals surface area contributed by atoms with Gasteiger partial charge < -0.3 is 9.64 Å². The number of benzene rings is 2. The molecule has 1 atom stereocenters. The van der Waals surface area contributed by atoms with Crippen molar-refractivity contribution in [2.75, 3.05) is 18.1 Å². The van der Waals surface area contributed by atoms with E-state index in [1.165, 1.54) is 0 Å². The maximum atomic E-state index is 12.4. The number of rotatable bonds is 5. The van der Waals surface area contributed by atoms with Crippen LogP contribution in [0.25, 0.3) is 0 Å². The number of carbonyl (C=O) groups is 3. The first kappa shape index (κ1) is 20.9. The number of aryl methyl sites for hydroxylation is 1. The van der Waals surface area contributed by atoms with Gasteiger partial charge in [-0.15, -0.1) is 0 Å². The predicted molar refractivity (Wildman–Crippen MR) is 109 cm³/mol. The second kappa shape index (κ2) is 9.09. The molecule has 1 aliphatic heterocycles. The third kappa shape index (κ3) is 4.58. The summed E-state index contributed by atoms with van der Waals surface area (Å²) in [5.74, 6) is -1.44. The van der Waals surface area contributed by atoms with Gasteiger partial charge >= 0.3 is 0 Å². The average Bonchev–Trinajstić information content (AvgIpc) is 3.14. The molecule has 3 amide bonds. The number of ether oxygens (including phenoxy) is 1. The normalized spacial score (nSPS) is 15.4. The van der Waals surface area contributed by atoms with Crippen LogP contribution in [0, 0.1) is 31.1 Å². The van der Waals surface area contributed by atoms with Crippen molar-refractivity contribution in [3.8, 4) is 11.8 Å². The Morgan fingerprint density at radius 3 is 2.70 bits per heavy atom. The minimum absolute atomic E-state index is 0.0706. The highest BCUT2D eigenvalue weighted by atomic mass is 16.5. The number of amides is 3. The fraction of sp³-hybridized carbons (Fsp3) is 0.273. The van der Waals surface area contributed by atoms with Crippen LogP contribution in [0.5, 0.6) is 5.75 Å². The monoisotopic (exact) mass is 406 g/mol. The van der Waals surface area contributed by atoms with Gasteiger partial charge in [-0.1, -0.05) is 24.3 Å². The van der Waals surface area contributed by atoms with Crippen LogP contribution in [0.2, 0.25) is 0 Å². The zero-order valence-corrected chi connectivity index (χ0v) is 16.8. The van der Waals surface area contributed by atoms with Gasteiger partial charge in [-0.05, 0) is 43.2 Å². The zero-order chi connectivity index (χ0) is 21.7. The second-order valence-corrected chi connectivity index (χ2v) is 7.06. The van der Waals surface area contributed by atoms with E-state index in [0.717, 1.165) is 16.8 Å². The minimum atomic E-state index is -0.577. The molecule has 0 aromatic heterocycles. The number of hydrogen-bond donors (Lipinski definition) is 2. The third-order valence-corrected chi connectivity index (χ3v) is 5.05. The Balaban J connectivity index is 1.52. The van der Waals surface area contributed by atoms with Gasteiger partial charge in [0, 0.05) is 18.7 Å². The van der Waals surface area contributed by atoms with Crippen molar-refractivity contribution < 1.29 is 19.1 Å². The van der Waals surface area contributed by atoms with Gasteiger partial charge in [0.25, 0.3) is 5.91 Å². The quantitative estimate of drug-likeness (QED) is 0.735. The molecule has 2 aromatic carbocycles. The largest absolute Gasteiger partial charge is 0.482 e. The molecule has 8 nitrogen and oxygen atoms in total. The summed E-state index contributed by atoms with van der Waals surface area (Å²) < 4.78 is 5.32. The van der Waals surface area contributed by atoms with Crippen LogP contribution < -0.4 is 20.5 Å². The fourth-order valence-corrected chi connectivity index (χ4v) is 3.24. The van der Waals surface area contributed by atoms with Crippen molar-refractivity contribution in [3.63, 3.8) is 0 Å². The lowest BCUT2D eigenvalue weighted by Gasteiger charge is -2.20. The molecule has 8 heteroatoms. The van der Waals surface area contributed by atoms with Crippen LogP contribution in [0.3, 0.4) is 0 Å². The number of carbonyl (C=O) groups excluding carboxylic acids is 3. The van der Waals surface area contributed by atoms with E-state index in [1.54, 1.807) is 29.2 Å². The first-order valence-electron chi connectivity index (χ1n) is 9.48. The molecule has 0 aliphatic carbocycles. The lowest BCUT2D eigenvalue weighted by atomic mass is 10.1. The summed E-state index contributed by atoms with van der Waals surface area (Å²) in [5, 5.41) is 9.02. The molecule has 2 N–H and O–H groups in total. The summed E-state index contributed by atoms with van der Waals surface area (Å²) in [5.41, 5.74) is 7.80. The molecule has 1 fully saturated rings. The van der Waals surface area contributed by atoms with E-state index in [9.17, 15) is 14.4 Å². The number of hydrazine groups is 1. The van der Waals surface area contributed by atoms with Crippen LogP contribution in [0.15, 0.2) is 42.5 Å². The van der Waals surface area contributed by atoms with Gasteiger partial charge in [0.1, 0.15) is 11.8 Å². The molecule has 1 heterocycles. The highest BCUT2D eigenvalue weighted by Gasteiger charge is 2.35. The Kier molecular flexibility index (Phi) is 6.32. The van der Waals surface area contributed by atoms with E-state index in [-0.39, 0.29) is 31.2 Å². The second-order valence-electron chi connectivity index (χ2n) is 7.06. The molecular weight excluding hydrogens is 384 g/mol. The first-order valence-corrected chi connectivity index (χ1v) is 9.48. The molecule has 0 radical (unpaired) electrons. The molecule has 1 unspecified atom stereocenters. The molecular formula is C22H22N4O4. The zero-order valence-electron chi connectivity index (χ0n) is 16.8. The Hall–Kier alpha value is -3.86. The maximum absolute atomic E-state index is 12.4. The van der Waals surface area contributed by atoms with E-state index < -0.39 is 17.7 Å². The SMILES string of the molecule is Cc1cccc(N2CC(C(=O)NNC(=O)COc3ccccc3C#N)CC2=O)c1C. The van der Waals surface area contributed by atoms with Crippen molar-refractivity contribution in [2.45, 2.75) is 20.3 Å². The first-order chi connectivity index (χ1) is 14.4. The van der Waals surface area contributed by atoms with Crippen LogP contribution in [0.1, 0.15) is 23.1 Å². The fourth-order valence-electron chi connectivity index (χ4n) is 3.24. The molecule has 0 saturated carbocycles. The van der Waals surface area contributed by atoms with Gasteiger partial charge in [-0.2, -0.15) is 5.26 Å². The molecule has 1 saturated heterocycles. The minimum Gasteiger partial charge on any atom is -0.482 e. The standard InChI is InChI=1S/C22H22N4O4/c1-14-6-5-8-18(15(14)2)26-12-17(10-21(26)28)22(29)25-24-20(27)13-30-19-9-4-3-7-16(19)11-23/h3-9,17H,10,12-13H2,1-2H3,(H,24,27)(H,25,29). The smallest absolute Gasteiger partial charge is 0.276 e. The summed E-state index contributed by atoms with van der Waals surface area (Å²) in [7, 11) is 0. The molecule has 3 rings (SSSR count). The van der Waals surface area contributed by atoms with E-state index in [2.05, 4.69) is 10.9 Å². The average molecular weight is 406 g/mol. The van der Waals surface area contributed by atoms with E-state index >= 15 is 0 Å². The van der Waals surface area contributed by atoms with Gasteiger partial charge in [-0.25, -0.2) is 0 Å². The molecule has 0 bridgehead atoms. The summed E-state index contributed by atoms with van der Waals surface area (Å²) in [6.45, 7) is 3.79. The van der Waals surface area contributed by atoms with Gasteiger partial charge in [0.05, 0.1) is 11.5 Å². The van der Waals surface area contributed by atoms with E-state index in [4.69, 9.17) is 10.00 Å². The Bertz CT molecular complexity index is 1030. The lowest BCUT2D eigenvalue weighted by Crippen LogP contribution is -2.46. The lowest BCUT2D eigenvalue weighted by molar-refractivity contribution is -0.132. The van der Waals surface area contributed by atoms with Gasteiger partial charge in [-0.3, -0.25) is 25.2 Å². The van der Waals surface area contributed by atoms with Gasteiger partial charge in [0.2, 0.25) is 11.8 Å². The van der Waals surface area contributed by atoms with Crippen molar-refractivity contribution in [1.82, 2.24) is 10.9 Å². The number of nitriles is 1. The highest BCUT2D eigenvalue weighted by Crippen LogP contribution is 2.29. The number of para-hydroxylation sites is 1. The molecule has 0 spiro atoms. The summed E-state index contributed by atoms with van der Waals surface area (Å²) in [6.07, 6.45) is 0.0706. The predicted octanol–water partition coefficient (Wildman–Crippen LogP) is 1.75. The molecule has 1 aliphatic rings. The molecule has 154 valence electrons. The number of nitrogens with zero attached hydrogens (tertiary/aromatic N) is 2. The summed E-state index contributed by atoms with van der Waals surface area (Å²) >= 11 is 0. The third-order valence-electron chi connectivity index (χ3n) is 5.05. The van der Waals surface area contributed by atoms with Crippen LogP contribution in [-0.2, 0) is 14.4 Å². The maximum Gasteiger partial charge on any atom is 0.276 e. The van der Waals surface area contributed by atoms with Crippen LogP contribution in [-0.4, -0.2) is 30.9 Å². The van der Waals surface area contributed by atoms with Crippen molar-refractivity contribution in [3.05, 3.63) is 59.2 Å². The van der Waals surface area contributed by atoms with E-state index in [0.29, 0.717) is 5.56 Å². The highest BCUT2D eigenvalue weighted by molar-refractivity contribution is 6.01. The molecule has 2 aromatic rings. The Morgan fingerprint density at radius 1 is 1.17 bits per heavy atom. The number of nitrogens with one attached hydrogen (secondary N) is 2.